The molecule has 3 aromatic heterocycles. The Kier molecular flexibility index (Phi) is 5.28. The van der Waals surface area contributed by atoms with Crippen LogP contribution < -0.4 is 5.32 Å². The quantitative estimate of drug-likeness (QED) is 0.703. The summed E-state index contributed by atoms with van der Waals surface area (Å²) >= 11 is 0. The summed E-state index contributed by atoms with van der Waals surface area (Å²) in [6, 6.07) is 8.98. The van der Waals surface area contributed by atoms with E-state index in [2.05, 4.69) is 30.7 Å². The monoisotopic (exact) mass is 391 g/mol. The van der Waals surface area contributed by atoms with Gasteiger partial charge in [-0.3, -0.25) is 19.7 Å². The molecule has 0 atom stereocenters. The van der Waals surface area contributed by atoms with E-state index in [1.54, 1.807) is 35.5 Å². The average molecular weight is 391 g/mol. The van der Waals surface area contributed by atoms with Gasteiger partial charge in [-0.1, -0.05) is 0 Å². The van der Waals surface area contributed by atoms with Gasteiger partial charge in [-0.15, -0.1) is 5.10 Å². The van der Waals surface area contributed by atoms with Gasteiger partial charge in [0, 0.05) is 37.0 Å². The largest absolute Gasteiger partial charge is 0.337 e. The molecule has 0 radical (unpaired) electrons. The number of nitrogens with zero attached hydrogens (tertiary/aromatic N) is 5. The van der Waals surface area contributed by atoms with Gasteiger partial charge < -0.3 is 10.2 Å². The molecular formula is C20H21N7O2. The molecule has 3 aromatic rings. The van der Waals surface area contributed by atoms with Crippen molar-refractivity contribution in [3.05, 3.63) is 54.1 Å². The molecule has 1 fully saturated rings. The summed E-state index contributed by atoms with van der Waals surface area (Å²) in [5.74, 6) is 0.0628. The lowest BCUT2D eigenvalue weighted by atomic mass is 9.95. The minimum absolute atomic E-state index is 0.0880. The van der Waals surface area contributed by atoms with Crippen molar-refractivity contribution in [1.29, 1.82) is 0 Å². The first kappa shape index (κ1) is 18.7. The topological polar surface area (TPSA) is 117 Å². The number of pyridine rings is 1. The number of piperidine rings is 1. The second kappa shape index (κ2) is 8.17. The second-order valence-electron chi connectivity index (χ2n) is 7.02. The number of H-pyrrole nitrogens is 1. The van der Waals surface area contributed by atoms with Crippen LogP contribution in [-0.4, -0.2) is 55.2 Å². The van der Waals surface area contributed by atoms with Crippen LogP contribution in [-0.2, 0) is 4.79 Å². The lowest BCUT2D eigenvalue weighted by Crippen LogP contribution is -2.41. The molecule has 29 heavy (non-hydrogen) atoms. The van der Waals surface area contributed by atoms with Crippen molar-refractivity contribution in [3.63, 3.8) is 0 Å². The van der Waals surface area contributed by atoms with Gasteiger partial charge >= 0.3 is 0 Å². The minimum atomic E-state index is -0.159. The normalized spacial score (nSPS) is 14.6. The number of nitrogens with one attached hydrogen (secondary N) is 2. The average Bonchev–Trinajstić information content (AvgIpc) is 3.26. The van der Waals surface area contributed by atoms with Crippen molar-refractivity contribution in [1.82, 2.24) is 30.3 Å². The highest BCUT2D eigenvalue weighted by molar-refractivity contribution is 5.94. The molecule has 0 spiro atoms. The molecule has 0 bridgehead atoms. The predicted molar refractivity (Wildman–Crippen MR) is 106 cm³/mol. The third-order valence-electron chi connectivity index (χ3n) is 4.99. The molecule has 1 saturated heterocycles. The van der Waals surface area contributed by atoms with E-state index < -0.39 is 0 Å². The first-order valence-electron chi connectivity index (χ1n) is 9.46. The van der Waals surface area contributed by atoms with Crippen LogP contribution in [0.15, 0.2) is 42.7 Å². The lowest BCUT2D eigenvalue weighted by molar-refractivity contribution is -0.121. The lowest BCUT2D eigenvalue weighted by Gasteiger charge is -2.30. The van der Waals surface area contributed by atoms with Crippen molar-refractivity contribution < 1.29 is 9.59 Å². The maximum absolute atomic E-state index is 12.8. The zero-order chi connectivity index (χ0) is 20.2. The van der Waals surface area contributed by atoms with E-state index >= 15 is 0 Å². The zero-order valence-corrected chi connectivity index (χ0v) is 16.0. The molecule has 1 aliphatic heterocycles. The Morgan fingerprint density at radius 3 is 2.55 bits per heavy atom. The predicted octanol–water partition coefficient (Wildman–Crippen LogP) is 2.06. The van der Waals surface area contributed by atoms with Crippen LogP contribution in [0.3, 0.4) is 0 Å². The number of aryl methyl sites for hydroxylation is 1. The number of anilines is 1. The highest BCUT2D eigenvalue weighted by Gasteiger charge is 2.29. The van der Waals surface area contributed by atoms with E-state index in [1.807, 2.05) is 19.1 Å². The first-order chi connectivity index (χ1) is 14.1. The summed E-state index contributed by atoms with van der Waals surface area (Å²) in [5.41, 5.74) is 2.85. The molecule has 0 aliphatic carbocycles. The van der Waals surface area contributed by atoms with E-state index in [-0.39, 0.29) is 17.7 Å². The molecule has 0 saturated carbocycles. The number of carbonyl (C=O) groups is 2. The van der Waals surface area contributed by atoms with Gasteiger partial charge in [-0.05, 0) is 50.1 Å². The number of likely N-dealkylation sites (tertiary alicyclic amines) is 1. The van der Waals surface area contributed by atoms with E-state index in [0.717, 1.165) is 17.0 Å². The molecule has 2 amide bonds. The summed E-state index contributed by atoms with van der Waals surface area (Å²) < 4.78 is 0. The van der Waals surface area contributed by atoms with Crippen molar-refractivity contribution >= 4 is 17.6 Å². The summed E-state index contributed by atoms with van der Waals surface area (Å²) in [7, 11) is 0. The van der Waals surface area contributed by atoms with Gasteiger partial charge in [0.15, 0.2) is 11.5 Å². The fourth-order valence-electron chi connectivity index (χ4n) is 3.31. The molecule has 4 heterocycles. The summed E-state index contributed by atoms with van der Waals surface area (Å²) in [6.07, 6.45) is 4.57. The Labute approximate surface area is 167 Å². The summed E-state index contributed by atoms with van der Waals surface area (Å²) in [4.78, 5) is 30.9. The zero-order valence-electron chi connectivity index (χ0n) is 16.0. The van der Waals surface area contributed by atoms with Crippen LogP contribution in [0.2, 0.25) is 0 Å². The van der Waals surface area contributed by atoms with Crippen molar-refractivity contribution in [2.75, 3.05) is 18.4 Å². The van der Waals surface area contributed by atoms with Crippen LogP contribution in [0.1, 0.15) is 29.0 Å². The van der Waals surface area contributed by atoms with Gasteiger partial charge in [-0.25, -0.2) is 0 Å². The standard InChI is InChI=1S/C20H21N7O2/c1-13-2-3-18(26-23-13)22-19(28)15-6-10-27(11-7-15)20(29)17-12-16(24-25-17)14-4-8-21-9-5-14/h2-5,8-9,12,15H,6-7,10-11H2,1H3,(H,24,25)(H,22,26,28). The van der Waals surface area contributed by atoms with Crippen LogP contribution in [0, 0.1) is 12.8 Å². The minimum Gasteiger partial charge on any atom is -0.337 e. The van der Waals surface area contributed by atoms with Gasteiger partial charge in [0.25, 0.3) is 5.91 Å². The summed E-state index contributed by atoms with van der Waals surface area (Å²) in [5, 5.41) is 17.7. The van der Waals surface area contributed by atoms with E-state index in [1.165, 1.54) is 0 Å². The van der Waals surface area contributed by atoms with Crippen LogP contribution in [0.4, 0.5) is 5.82 Å². The molecule has 4 rings (SSSR count). The number of rotatable bonds is 4. The molecule has 1 aliphatic rings. The first-order valence-corrected chi connectivity index (χ1v) is 9.46. The number of carbonyl (C=O) groups excluding carboxylic acids is 2. The van der Waals surface area contributed by atoms with Gasteiger partial charge in [0.1, 0.15) is 0 Å². The Bertz CT molecular complexity index is 993. The Morgan fingerprint density at radius 2 is 1.86 bits per heavy atom. The molecule has 2 N–H and O–H groups in total. The number of aromatic nitrogens is 5. The third-order valence-corrected chi connectivity index (χ3v) is 4.99. The Balaban J connectivity index is 1.33. The molecule has 9 heteroatoms. The van der Waals surface area contributed by atoms with E-state index in [0.29, 0.717) is 37.4 Å². The number of hydrogen-bond donors (Lipinski definition) is 2. The second-order valence-corrected chi connectivity index (χ2v) is 7.02. The molecular weight excluding hydrogens is 370 g/mol. The van der Waals surface area contributed by atoms with Crippen molar-refractivity contribution in [3.8, 4) is 11.3 Å². The highest BCUT2D eigenvalue weighted by Crippen LogP contribution is 2.22. The van der Waals surface area contributed by atoms with Crippen LogP contribution in [0.5, 0.6) is 0 Å². The SMILES string of the molecule is Cc1ccc(NC(=O)C2CCN(C(=O)c3cc(-c4ccncc4)[nH]n3)CC2)nn1. The smallest absolute Gasteiger partial charge is 0.274 e. The fourth-order valence-corrected chi connectivity index (χ4v) is 3.31. The number of aromatic amines is 1. The molecule has 0 unspecified atom stereocenters. The molecule has 148 valence electrons. The van der Waals surface area contributed by atoms with E-state index in [9.17, 15) is 9.59 Å². The Morgan fingerprint density at radius 1 is 1.10 bits per heavy atom. The maximum Gasteiger partial charge on any atom is 0.274 e. The highest BCUT2D eigenvalue weighted by atomic mass is 16.2. The van der Waals surface area contributed by atoms with Gasteiger partial charge in [0.2, 0.25) is 5.91 Å². The third kappa shape index (κ3) is 4.29. The van der Waals surface area contributed by atoms with Gasteiger partial charge in [0.05, 0.1) is 11.4 Å². The number of hydrogen-bond acceptors (Lipinski definition) is 6. The summed E-state index contributed by atoms with van der Waals surface area (Å²) in [6.45, 7) is 2.85. The van der Waals surface area contributed by atoms with Crippen LogP contribution in [0.25, 0.3) is 11.3 Å². The molecule has 0 aromatic carbocycles. The molecule has 9 nitrogen and oxygen atoms in total. The maximum atomic E-state index is 12.8. The van der Waals surface area contributed by atoms with Gasteiger partial charge in [-0.2, -0.15) is 10.2 Å². The number of amides is 2. The van der Waals surface area contributed by atoms with Crippen molar-refractivity contribution in [2.24, 2.45) is 5.92 Å². The Hall–Kier alpha value is -3.62. The van der Waals surface area contributed by atoms with E-state index in [4.69, 9.17) is 0 Å². The van der Waals surface area contributed by atoms with Crippen molar-refractivity contribution in [2.45, 2.75) is 19.8 Å². The fraction of sp³-hybridized carbons (Fsp3) is 0.300. The van der Waals surface area contributed by atoms with Crippen LogP contribution >= 0.6 is 0 Å².